The second-order valence-electron chi connectivity index (χ2n) is 4.59. The van der Waals surface area contributed by atoms with Crippen molar-refractivity contribution >= 4 is 29.4 Å². The Morgan fingerprint density at radius 3 is 2.59 bits per heavy atom. The van der Waals surface area contributed by atoms with Gasteiger partial charge in [0.1, 0.15) is 11.5 Å². The summed E-state index contributed by atoms with van der Waals surface area (Å²) < 4.78 is 26.2. The van der Waals surface area contributed by atoms with Crippen LogP contribution in [0.15, 0.2) is 53.2 Å². The third-order valence-corrected chi connectivity index (χ3v) is 3.43. The van der Waals surface area contributed by atoms with Crippen LogP contribution in [0.4, 0.5) is 8.78 Å². The van der Waals surface area contributed by atoms with Crippen LogP contribution in [0, 0.1) is 11.6 Å². The maximum Gasteiger partial charge on any atom is 0.275 e. The van der Waals surface area contributed by atoms with E-state index in [4.69, 9.17) is 11.6 Å². The molecule has 0 bridgehead atoms. The number of halogens is 3. The number of hydrogen-bond donors (Lipinski definition) is 1. The molecule has 110 valence electrons. The second kappa shape index (κ2) is 5.69. The van der Waals surface area contributed by atoms with Gasteiger partial charge in [-0.25, -0.2) is 13.8 Å². The van der Waals surface area contributed by atoms with E-state index in [1.54, 1.807) is 24.3 Å². The number of nitrogens with one attached hydrogen (secondary N) is 1. The largest absolute Gasteiger partial charge is 0.305 e. The number of hydrogen-bond acceptors (Lipinski definition) is 2. The molecule has 1 N–H and O–H groups in total. The zero-order chi connectivity index (χ0) is 15.7. The predicted octanol–water partition coefficient (Wildman–Crippen LogP) is 3.54. The molecular formula is C16H9ClF2N2O. The summed E-state index contributed by atoms with van der Waals surface area (Å²) in [5.41, 5.74) is 1.08. The van der Waals surface area contributed by atoms with Gasteiger partial charge in [-0.3, -0.25) is 4.79 Å². The third-order valence-electron chi connectivity index (χ3n) is 3.09. The Morgan fingerprint density at radius 1 is 1.09 bits per heavy atom. The van der Waals surface area contributed by atoms with Crippen LogP contribution in [0.3, 0.4) is 0 Å². The van der Waals surface area contributed by atoms with Crippen LogP contribution >= 0.6 is 11.6 Å². The lowest BCUT2D eigenvalue weighted by Crippen LogP contribution is -2.24. The summed E-state index contributed by atoms with van der Waals surface area (Å²) >= 11 is 6.03. The lowest BCUT2D eigenvalue weighted by Gasteiger charge is -2.00. The van der Waals surface area contributed by atoms with Gasteiger partial charge in [-0.05, 0) is 35.9 Å². The van der Waals surface area contributed by atoms with Crippen molar-refractivity contribution in [2.45, 2.75) is 0 Å². The number of amides is 1. The molecule has 2 aromatic rings. The second-order valence-corrected chi connectivity index (χ2v) is 5.00. The highest BCUT2D eigenvalue weighted by Gasteiger charge is 2.22. The van der Waals surface area contributed by atoms with Gasteiger partial charge in [-0.2, -0.15) is 0 Å². The minimum absolute atomic E-state index is 0.146. The van der Waals surface area contributed by atoms with Crippen LogP contribution in [0.2, 0.25) is 5.02 Å². The van der Waals surface area contributed by atoms with Gasteiger partial charge in [0, 0.05) is 10.6 Å². The summed E-state index contributed by atoms with van der Waals surface area (Å²) in [4.78, 5) is 16.0. The highest BCUT2D eigenvalue weighted by Crippen LogP contribution is 2.21. The monoisotopic (exact) mass is 318 g/mol. The van der Waals surface area contributed by atoms with Crippen molar-refractivity contribution in [3.05, 3.63) is 75.9 Å². The van der Waals surface area contributed by atoms with Crippen molar-refractivity contribution in [1.82, 2.24) is 5.32 Å². The molecule has 1 aliphatic rings. The maximum absolute atomic E-state index is 13.3. The highest BCUT2D eigenvalue weighted by atomic mass is 35.5. The fourth-order valence-electron chi connectivity index (χ4n) is 1.99. The van der Waals surface area contributed by atoms with Gasteiger partial charge >= 0.3 is 0 Å². The van der Waals surface area contributed by atoms with Gasteiger partial charge in [0.05, 0.1) is 0 Å². The highest BCUT2D eigenvalue weighted by molar-refractivity contribution is 6.32. The first kappa shape index (κ1) is 14.4. The Kier molecular flexibility index (Phi) is 3.73. The summed E-state index contributed by atoms with van der Waals surface area (Å²) in [6, 6.07) is 10.3. The Labute approximate surface area is 129 Å². The van der Waals surface area contributed by atoms with Crippen molar-refractivity contribution in [2.75, 3.05) is 0 Å². The molecule has 0 spiro atoms. The molecule has 2 aromatic carbocycles. The van der Waals surface area contributed by atoms with Gasteiger partial charge in [0.2, 0.25) is 0 Å². The quantitative estimate of drug-likeness (QED) is 0.846. The van der Waals surface area contributed by atoms with Gasteiger partial charge in [0.15, 0.2) is 11.6 Å². The Balaban J connectivity index is 1.98. The van der Waals surface area contributed by atoms with E-state index in [1.165, 1.54) is 12.1 Å². The van der Waals surface area contributed by atoms with Crippen molar-refractivity contribution in [1.29, 1.82) is 0 Å². The van der Waals surface area contributed by atoms with E-state index in [0.717, 1.165) is 12.1 Å². The number of rotatable bonds is 2. The van der Waals surface area contributed by atoms with Crippen molar-refractivity contribution in [2.24, 2.45) is 4.99 Å². The Bertz CT molecular complexity index is 831. The van der Waals surface area contributed by atoms with Crippen LogP contribution in [-0.2, 0) is 4.79 Å². The number of benzene rings is 2. The standard InChI is InChI=1S/C16H9ClF2N2O/c17-11-4-2-1-3-9(11)8-14-16(22)21-15(20-14)10-5-6-12(18)13(19)7-10/h1-8H,(H,20,21,22)/b14-8-. The average Bonchev–Trinajstić information content (AvgIpc) is 2.85. The van der Waals surface area contributed by atoms with E-state index in [2.05, 4.69) is 10.3 Å². The van der Waals surface area contributed by atoms with E-state index in [-0.39, 0.29) is 17.1 Å². The lowest BCUT2D eigenvalue weighted by molar-refractivity contribution is -0.115. The first-order valence-corrected chi connectivity index (χ1v) is 6.74. The molecule has 0 atom stereocenters. The summed E-state index contributed by atoms with van der Waals surface area (Å²) in [6.45, 7) is 0. The molecule has 1 aliphatic heterocycles. The van der Waals surface area contributed by atoms with Gasteiger partial charge in [0.25, 0.3) is 5.91 Å². The molecule has 0 fully saturated rings. The van der Waals surface area contributed by atoms with Gasteiger partial charge < -0.3 is 5.32 Å². The number of carbonyl (C=O) groups excluding carboxylic acids is 1. The van der Waals surface area contributed by atoms with E-state index >= 15 is 0 Å². The number of aliphatic imine (C=N–C) groups is 1. The van der Waals surface area contributed by atoms with Gasteiger partial charge in [-0.1, -0.05) is 29.8 Å². The molecule has 0 aliphatic carbocycles. The van der Waals surface area contributed by atoms with E-state index < -0.39 is 17.5 Å². The predicted molar refractivity (Wildman–Crippen MR) is 80.5 cm³/mol. The minimum Gasteiger partial charge on any atom is -0.305 e. The first-order chi connectivity index (χ1) is 10.5. The molecule has 3 nitrogen and oxygen atoms in total. The molecule has 0 saturated carbocycles. The Morgan fingerprint density at radius 2 is 1.86 bits per heavy atom. The molecule has 0 aromatic heterocycles. The van der Waals surface area contributed by atoms with E-state index in [9.17, 15) is 13.6 Å². The molecule has 22 heavy (non-hydrogen) atoms. The SMILES string of the molecule is O=C1NC(c2ccc(F)c(F)c2)=N/C1=C\c1ccccc1Cl. The molecule has 0 radical (unpaired) electrons. The molecule has 1 amide bonds. The van der Waals surface area contributed by atoms with Crippen LogP contribution in [0.25, 0.3) is 6.08 Å². The normalized spacial score (nSPS) is 15.9. The first-order valence-electron chi connectivity index (χ1n) is 6.36. The minimum atomic E-state index is -1.00. The zero-order valence-corrected chi connectivity index (χ0v) is 11.9. The zero-order valence-electron chi connectivity index (χ0n) is 11.1. The molecule has 6 heteroatoms. The lowest BCUT2D eigenvalue weighted by atomic mass is 10.2. The Hall–Kier alpha value is -2.53. The van der Waals surface area contributed by atoms with E-state index in [1.807, 2.05) is 0 Å². The number of nitrogens with zero attached hydrogens (tertiary/aromatic N) is 1. The summed E-state index contributed by atoms with van der Waals surface area (Å²) in [6.07, 6.45) is 1.53. The smallest absolute Gasteiger partial charge is 0.275 e. The number of amidine groups is 1. The van der Waals surface area contributed by atoms with Crippen LogP contribution in [-0.4, -0.2) is 11.7 Å². The number of carbonyl (C=O) groups is 1. The molecular weight excluding hydrogens is 310 g/mol. The topological polar surface area (TPSA) is 41.5 Å². The summed E-state index contributed by atoms with van der Waals surface area (Å²) in [5.74, 6) is -2.22. The van der Waals surface area contributed by atoms with Crippen molar-refractivity contribution in [3.63, 3.8) is 0 Å². The summed E-state index contributed by atoms with van der Waals surface area (Å²) in [7, 11) is 0. The van der Waals surface area contributed by atoms with E-state index in [0.29, 0.717) is 10.6 Å². The molecule has 0 saturated heterocycles. The fraction of sp³-hybridized carbons (Fsp3) is 0. The molecule has 1 heterocycles. The summed E-state index contributed by atoms with van der Waals surface area (Å²) in [5, 5.41) is 3.00. The van der Waals surface area contributed by atoms with Crippen LogP contribution < -0.4 is 5.32 Å². The van der Waals surface area contributed by atoms with Crippen LogP contribution in [0.1, 0.15) is 11.1 Å². The fourth-order valence-corrected chi connectivity index (χ4v) is 2.18. The third kappa shape index (κ3) is 2.76. The van der Waals surface area contributed by atoms with Crippen molar-refractivity contribution in [3.8, 4) is 0 Å². The molecule has 3 rings (SSSR count). The maximum atomic E-state index is 13.3. The average molecular weight is 319 g/mol. The molecule has 0 unspecified atom stereocenters. The van der Waals surface area contributed by atoms with Crippen LogP contribution in [0.5, 0.6) is 0 Å². The van der Waals surface area contributed by atoms with Crippen molar-refractivity contribution < 1.29 is 13.6 Å². The van der Waals surface area contributed by atoms with Gasteiger partial charge in [-0.15, -0.1) is 0 Å².